The average molecular weight is 228 g/mol. The minimum Gasteiger partial charge on any atom is -0.338 e. The van der Waals surface area contributed by atoms with E-state index in [1.54, 1.807) is 17.5 Å². The Morgan fingerprint density at radius 1 is 1.31 bits per heavy atom. The van der Waals surface area contributed by atoms with Gasteiger partial charge in [0.1, 0.15) is 5.65 Å². The molecule has 3 nitrogen and oxygen atoms in total. The second-order valence-corrected chi connectivity index (χ2v) is 4.36. The molecule has 0 fully saturated rings. The number of thiophene rings is 1. The zero-order chi connectivity index (χ0) is 11.0. The molecule has 4 heteroatoms. The lowest BCUT2D eigenvalue weighted by Gasteiger charge is -1.92. The highest BCUT2D eigenvalue weighted by atomic mass is 32.1. The van der Waals surface area contributed by atoms with Gasteiger partial charge in [0.2, 0.25) is 0 Å². The number of carbonyl (C=O) groups excluding carboxylic acids is 1. The van der Waals surface area contributed by atoms with Gasteiger partial charge in [0.05, 0.1) is 16.1 Å². The Bertz CT molecular complexity index is 640. The summed E-state index contributed by atoms with van der Waals surface area (Å²) in [6.07, 6.45) is 2.60. The van der Waals surface area contributed by atoms with E-state index in [2.05, 4.69) is 9.97 Å². The average Bonchev–Trinajstić information content (AvgIpc) is 2.95. The van der Waals surface area contributed by atoms with Gasteiger partial charge in [0, 0.05) is 11.6 Å². The van der Waals surface area contributed by atoms with Crippen molar-refractivity contribution in [2.45, 2.75) is 0 Å². The van der Waals surface area contributed by atoms with E-state index in [1.165, 1.54) is 0 Å². The number of aromatic nitrogens is 2. The molecule has 0 atom stereocenters. The summed E-state index contributed by atoms with van der Waals surface area (Å²) in [7, 11) is 0. The first-order valence-electron chi connectivity index (χ1n) is 4.86. The highest BCUT2D eigenvalue weighted by Crippen LogP contribution is 2.30. The van der Waals surface area contributed by atoms with E-state index < -0.39 is 0 Å². The van der Waals surface area contributed by atoms with E-state index in [4.69, 9.17) is 0 Å². The molecule has 3 aromatic heterocycles. The molecule has 0 aromatic carbocycles. The van der Waals surface area contributed by atoms with Crippen LogP contribution in [0, 0.1) is 0 Å². The molecule has 0 saturated carbocycles. The molecule has 0 unspecified atom stereocenters. The van der Waals surface area contributed by atoms with Gasteiger partial charge in [0.25, 0.3) is 0 Å². The summed E-state index contributed by atoms with van der Waals surface area (Å²) in [5.74, 6) is 0. The standard InChI is InChI=1S/C12H8N2OS/c15-7-9-8-3-1-5-13-12(8)14-11(9)10-4-2-6-16-10/h1-7H,(H,13,14). The minimum atomic E-state index is 0.686. The molecule has 0 spiro atoms. The van der Waals surface area contributed by atoms with Gasteiger partial charge in [0.15, 0.2) is 6.29 Å². The monoisotopic (exact) mass is 228 g/mol. The number of aldehydes is 1. The summed E-state index contributed by atoms with van der Waals surface area (Å²) in [5, 5.41) is 2.86. The largest absolute Gasteiger partial charge is 0.338 e. The molecule has 0 aliphatic carbocycles. The van der Waals surface area contributed by atoms with Gasteiger partial charge in [-0.1, -0.05) is 6.07 Å². The summed E-state index contributed by atoms with van der Waals surface area (Å²) >= 11 is 1.60. The SMILES string of the molecule is O=Cc1c(-c2cccs2)[nH]c2ncccc12. The van der Waals surface area contributed by atoms with E-state index in [1.807, 2.05) is 29.6 Å². The Morgan fingerprint density at radius 2 is 2.25 bits per heavy atom. The summed E-state index contributed by atoms with van der Waals surface area (Å²) < 4.78 is 0. The first-order chi connectivity index (χ1) is 7.90. The van der Waals surface area contributed by atoms with Gasteiger partial charge in [-0.2, -0.15) is 0 Å². The third-order valence-electron chi connectivity index (χ3n) is 2.50. The van der Waals surface area contributed by atoms with Gasteiger partial charge in [-0.3, -0.25) is 4.79 Å². The van der Waals surface area contributed by atoms with Crippen LogP contribution < -0.4 is 0 Å². The quantitative estimate of drug-likeness (QED) is 0.685. The normalized spacial score (nSPS) is 10.8. The fourth-order valence-corrected chi connectivity index (χ4v) is 2.52. The fourth-order valence-electron chi connectivity index (χ4n) is 1.78. The van der Waals surface area contributed by atoms with Gasteiger partial charge < -0.3 is 4.98 Å². The van der Waals surface area contributed by atoms with E-state index >= 15 is 0 Å². The molecule has 0 radical (unpaired) electrons. The highest BCUT2D eigenvalue weighted by molar-refractivity contribution is 7.13. The van der Waals surface area contributed by atoms with E-state index in [0.29, 0.717) is 5.56 Å². The van der Waals surface area contributed by atoms with Crippen molar-refractivity contribution < 1.29 is 4.79 Å². The van der Waals surface area contributed by atoms with Crippen LogP contribution in [-0.2, 0) is 0 Å². The molecule has 0 saturated heterocycles. The number of hydrogen-bond donors (Lipinski definition) is 1. The van der Waals surface area contributed by atoms with Crippen molar-refractivity contribution in [2.75, 3.05) is 0 Å². The molecule has 3 rings (SSSR count). The second kappa shape index (κ2) is 3.57. The lowest BCUT2D eigenvalue weighted by Crippen LogP contribution is -1.80. The Kier molecular flexibility index (Phi) is 2.08. The van der Waals surface area contributed by atoms with Crippen LogP contribution >= 0.6 is 11.3 Å². The van der Waals surface area contributed by atoms with Crippen molar-refractivity contribution in [3.63, 3.8) is 0 Å². The Balaban J connectivity index is 2.37. The highest BCUT2D eigenvalue weighted by Gasteiger charge is 2.13. The Labute approximate surface area is 95.8 Å². The summed E-state index contributed by atoms with van der Waals surface area (Å²) in [4.78, 5) is 19.6. The molecule has 0 amide bonds. The number of aromatic amines is 1. The molecule has 3 heterocycles. The number of nitrogens with one attached hydrogen (secondary N) is 1. The maximum absolute atomic E-state index is 11.2. The van der Waals surface area contributed by atoms with Crippen LogP contribution in [0.4, 0.5) is 0 Å². The first-order valence-corrected chi connectivity index (χ1v) is 5.74. The lowest BCUT2D eigenvalue weighted by atomic mass is 10.1. The summed E-state index contributed by atoms with van der Waals surface area (Å²) in [5.41, 5.74) is 2.30. The number of rotatable bonds is 2. The van der Waals surface area contributed by atoms with E-state index in [0.717, 1.165) is 27.9 Å². The number of nitrogens with zero attached hydrogens (tertiary/aromatic N) is 1. The second-order valence-electron chi connectivity index (χ2n) is 3.41. The maximum Gasteiger partial charge on any atom is 0.152 e. The van der Waals surface area contributed by atoms with Crippen molar-refractivity contribution in [3.05, 3.63) is 41.4 Å². The third kappa shape index (κ3) is 1.27. The van der Waals surface area contributed by atoms with Crippen molar-refractivity contribution in [1.29, 1.82) is 0 Å². The predicted molar refractivity (Wildman–Crippen MR) is 64.8 cm³/mol. The zero-order valence-electron chi connectivity index (χ0n) is 8.31. The maximum atomic E-state index is 11.2. The van der Waals surface area contributed by atoms with Crippen LogP contribution in [0.2, 0.25) is 0 Å². The van der Waals surface area contributed by atoms with Crippen LogP contribution in [-0.4, -0.2) is 16.3 Å². The fraction of sp³-hybridized carbons (Fsp3) is 0. The Morgan fingerprint density at radius 3 is 3.00 bits per heavy atom. The molecule has 16 heavy (non-hydrogen) atoms. The topological polar surface area (TPSA) is 45.8 Å². The van der Waals surface area contributed by atoms with Gasteiger partial charge in [-0.05, 0) is 23.6 Å². The first kappa shape index (κ1) is 9.30. The van der Waals surface area contributed by atoms with E-state index in [9.17, 15) is 4.79 Å². The zero-order valence-corrected chi connectivity index (χ0v) is 9.12. The van der Waals surface area contributed by atoms with E-state index in [-0.39, 0.29) is 0 Å². The molecule has 0 aliphatic heterocycles. The third-order valence-corrected chi connectivity index (χ3v) is 3.38. The summed E-state index contributed by atoms with van der Waals surface area (Å²) in [6, 6.07) is 7.69. The van der Waals surface area contributed by atoms with Crippen molar-refractivity contribution >= 4 is 28.7 Å². The number of pyridine rings is 1. The van der Waals surface area contributed by atoms with Crippen LogP contribution in [0.5, 0.6) is 0 Å². The van der Waals surface area contributed by atoms with Crippen LogP contribution in [0.1, 0.15) is 10.4 Å². The van der Waals surface area contributed by atoms with Crippen molar-refractivity contribution in [2.24, 2.45) is 0 Å². The Hall–Kier alpha value is -1.94. The van der Waals surface area contributed by atoms with Crippen molar-refractivity contribution in [1.82, 2.24) is 9.97 Å². The smallest absolute Gasteiger partial charge is 0.152 e. The molecule has 78 valence electrons. The van der Waals surface area contributed by atoms with Gasteiger partial charge >= 0.3 is 0 Å². The number of carbonyl (C=O) groups is 1. The van der Waals surface area contributed by atoms with Crippen LogP contribution in [0.15, 0.2) is 35.8 Å². The lowest BCUT2D eigenvalue weighted by molar-refractivity contribution is 0.112. The van der Waals surface area contributed by atoms with Crippen LogP contribution in [0.25, 0.3) is 21.6 Å². The molecule has 3 aromatic rings. The molecule has 1 N–H and O–H groups in total. The van der Waals surface area contributed by atoms with Crippen molar-refractivity contribution in [3.8, 4) is 10.6 Å². The number of hydrogen-bond acceptors (Lipinski definition) is 3. The molecular weight excluding hydrogens is 220 g/mol. The number of fused-ring (bicyclic) bond motifs is 1. The summed E-state index contributed by atoms with van der Waals surface area (Å²) in [6.45, 7) is 0. The molecule has 0 aliphatic rings. The van der Waals surface area contributed by atoms with Gasteiger partial charge in [-0.15, -0.1) is 11.3 Å². The van der Waals surface area contributed by atoms with Crippen LogP contribution in [0.3, 0.4) is 0 Å². The predicted octanol–water partition coefficient (Wildman–Crippen LogP) is 3.10. The van der Waals surface area contributed by atoms with Gasteiger partial charge in [-0.25, -0.2) is 4.98 Å². The number of H-pyrrole nitrogens is 1. The molecule has 0 bridgehead atoms. The minimum absolute atomic E-state index is 0.686. The molecular formula is C12H8N2OS.